The van der Waals surface area contributed by atoms with Gasteiger partial charge in [-0.05, 0) is 17.7 Å². The summed E-state index contributed by atoms with van der Waals surface area (Å²) in [5, 5.41) is 2.49. The van der Waals surface area contributed by atoms with Crippen molar-refractivity contribution in [2.24, 2.45) is 0 Å². The third kappa shape index (κ3) is 4.23. The highest BCUT2D eigenvalue weighted by Crippen LogP contribution is 2.24. The van der Waals surface area contributed by atoms with Crippen molar-refractivity contribution in [3.05, 3.63) is 77.1 Å². The van der Waals surface area contributed by atoms with Crippen molar-refractivity contribution >= 4 is 17.3 Å². The van der Waals surface area contributed by atoms with E-state index in [1.165, 1.54) is 23.5 Å². The SMILES string of the molecule is O=C(Cc1csc(-c2cccc(F)c2)n1)OCc1ccccc1. The topological polar surface area (TPSA) is 39.2 Å². The van der Waals surface area contributed by atoms with Gasteiger partial charge in [-0.1, -0.05) is 42.5 Å². The van der Waals surface area contributed by atoms with Crippen LogP contribution in [0.3, 0.4) is 0 Å². The summed E-state index contributed by atoms with van der Waals surface area (Å²) in [6, 6.07) is 15.8. The molecule has 3 nitrogen and oxygen atoms in total. The zero-order valence-electron chi connectivity index (χ0n) is 12.2. The molecule has 0 amide bonds. The van der Waals surface area contributed by atoms with Crippen LogP contribution in [0.2, 0.25) is 0 Å². The number of halogens is 1. The summed E-state index contributed by atoms with van der Waals surface area (Å²) in [6.07, 6.45) is 0.110. The number of carbonyl (C=O) groups excluding carboxylic acids is 1. The Balaban J connectivity index is 1.59. The van der Waals surface area contributed by atoms with E-state index in [-0.39, 0.29) is 24.8 Å². The molecule has 0 atom stereocenters. The first kappa shape index (κ1) is 15.4. The van der Waals surface area contributed by atoms with E-state index in [0.717, 1.165) is 5.56 Å². The van der Waals surface area contributed by atoms with Crippen molar-refractivity contribution in [3.63, 3.8) is 0 Å². The number of rotatable bonds is 5. The molecule has 0 aliphatic heterocycles. The fourth-order valence-corrected chi connectivity index (χ4v) is 2.90. The van der Waals surface area contributed by atoms with Crippen LogP contribution in [0.25, 0.3) is 10.6 Å². The van der Waals surface area contributed by atoms with Gasteiger partial charge in [-0.25, -0.2) is 9.37 Å². The normalized spacial score (nSPS) is 10.5. The monoisotopic (exact) mass is 327 g/mol. The van der Waals surface area contributed by atoms with E-state index in [0.29, 0.717) is 16.3 Å². The average Bonchev–Trinajstić information content (AvgIpc) is 3.02. The van der Waals surface area contributed by atoms with Crippen LogP contribution in [-0.4, -0.2) is 11.0 Å². The minimum Gasteiger partial charge on any atom is -0.461 e. The predicted octanol–water partition coefficient (Wildman–Crippen LogP) is 4.24. The van der Waals surface area contributed by atoms with E-state index in [4.69, 9.17) is 4.74 Å². The van der Waals surface area contributed by atoms with Gasteiger partial charge < -0.3 is 4.74 Å². The maximum Gasteiger partial charge on any atom is 0.312 e. The lowest BCUT2D eigenvalue weighted by molar-refractivity contribution is -0.144. The van der Waals surface area contributed by atoms with Gasteiger partial charge in [0.1, 0.15) is 17.4 Å². The molecule has 0 fully saturated rings. The Morgan fingerprint density at radius 2 is 1.96 bits per heavy atom. The van der Waals surface area contributed by atoms with Gasteiger partial charge >= 0.3 is 5.97 Å². The van der Waals surface area contributed by atoms with Gasteiger partial charge in [0.15, 0.2) is 0 Å². The summed E-state index contributed by atoms with van der Waals surface area (Å²) < 4.78 is 18.5. The molecule has 3 aromatic rings. The molecule has 1 heterocycles. The summed E-state index contributed by atoms with van der Waals surface area (Å²) >= 11 is 1.38. The fraction of sp³-hybridized carbons (Fsp3) is 0.111. The van der Waals surface area contributed by atoms with Crippen molar-refractivity contribution < 1.29 is 13.9 Å². The van der Waals surface area contributed by atoms with Crippen LogP contribution in [0, 0.1) is 5.82 Å². The van der Waals surface area contributed by atoms with E-state index in [1.54, 1.807) is 17.5 Å². The van der Waals surface area contributed by atoms with Crippen LogP contribution < -0.4 is 0 Å². The number of hydrogen-bond acceptors (Lipinski definition) is 4. The van der Waals surface area contributed by atoms with Gasteiger partial charge in [0, 0.05) is 10.9 Å². The molecule has 2 aromatic carbocycles. The standard InChI is InChI=1S/C18H14FNO2S/c19-15-8-4-7-14(9-15)18-20-16(12-23-18)10-17(21)22-11-13-5-2-1-3-6-13/h1-9,12H,10-11H2. The van der Waals surface area contributed by atoms with Crippen LogP contribution in [-0.2, 0) is 22.6 Å². The highest BCUT2D eigenvalue weighted by molar-refractivity contribution is 7.13. The lowest BCUT2D eigenvalue weighted by Gasteiger charge is -2.03. The molecular weight excluding hydrogens is 313 g/mol. The largest absolute Gasteiger partial charge is 0.461 e. The lowest BCUT2D eigenvalue weighted by atomic mass is 10.2. The number of ether oxygens (including phenoxy) is 1. The number of carbonyl (C=O) groups is 1. The molecule has 0 N–H and O–H groups in total. The minimum atomic E-state index is -0.329. The molecule has 0 aliphatic carbocycles. The summed E-state index contributed by atoms with van der Waals surface area (Å²) in [7, 11) is 0. The molecule has 3 rings (SSSR count). The van der Waals surface area contributed by atoms with E-state index in [1.807, 2.05) is 30.3 Å². The van der Waals surface area contributed by atoms with Crippen LogP contribution >= 0.6 is 11.3 Å². The summed E-state index contributed by atoms with van der Waals surface area (Å²) in [5.74, 6) is -0.633. The van der Waals surface area contributed by atoms with Gasteiger partial charge in [0.2, 0.25) is 0 Å². The molecule has 1 aromatic heterocycles. The highest BCUT2D eigenvalue weighted by Gasteiger charge is 2.10. The second kappa shape index (κ2) is 7.15. The number of hydrogen-bond donors (Lipinski definition) is 0. The van der Waals surface area contributed by atoms with Gasteiger partial charge in [0.05, 0.1) is 12.1 Å². The van der Waals surface area contributed by atoms with Crippen LogP contribution in [0.15, 0.2) is 60.0 Å². The Hall–Kier alpha value is -2.53. The fourth-order valence-electron chi connectivity index (χ4n) is 2.08. The molecule has 0 unspecified atom stereocenters. The molecule has 0 spiro atoms. The average molecular weight is 327 g/mol. The first-order valence-corrected chi connectivity index (χ1v) is 7.98. The quantitative estimate of drug-likeness (QED) is 0.658. The predicted molar refractivity (Wildman–Crippen MR) is 87.5 cm³/mol. The molecule has 0 saturated heterocycles. The number of benzene rings is 2. The number of aromatic nitrogens is 1. The minimum absolute atomic E-state index is 0.110. The first-order chi connectivity index (χ1) is 11.2. The molecule has 5 heteroatoms. The third-order valence-electron chi connectivity index (χ3n) is 3.19. The zero-order valence-corrected chi connectivity index (χ0v) is 13.1. The van der Waals surface area contributed by atoms with E-state index >= 15 is 0 Å². The van der Waals surface area contributed by atoms with Gasteiger partial charge in [-0.2, -0.15) is 0 Å². The molecule has 23 heavy (non-hydrogen) atoms. The maximum absolute atomic E-state index is 13.2. The van der Waals surface area contributed by atoms with Crippen LogP contribution in [0.5, 0.6) is 0 Å². The van der Waals surface area contributed by atoms with Gasteiger partial charge in [0.25, 0.3) is 0 Å². The van der Waals surface area contributed by atoms with Crippen molar-refractivity contribution in [2.45, 2.75) is 13.0 Å². The summed E-state index contributed by atoms with van der Waals surface area (Å²) in [5.41, 5.74) is 2.28. The Morgan fingerprint density at radius 3 is 2.74 bits per heavy atom. The van der Waals surface area contributed by atoms with Crippen molar-refractivity contribution in [1.29, 1.82) is 0 Å². The van der Waals surface area contributed by atoms with E-state index in [2.05, 4.69) is 4.98 Å². The van der Waals surface area contributed by atoms with E-state index in [9.17, 15) is 9.18 Å². The second-order valence-electron chi connectivity index (χ2n) is 4.98. The zero-order chi connectivity index (χ0) is 16.1. The molecule has 116 valence electrons. The Kier molecular flexibility index (Phi) is 4.78. The second-order valence-corrected chi connectivity index (χ2v) is 5.84. The number of nitrogens with zero attached hydrogens (tertiary/aromatic N) is 1. The van der Waals surface area contributed by atoms with Gasteiger partial charge in [-0.3, -0.25) is 4.79 Å². The molecule has 0 radical (unpaired) electrons. The molecular formula is C18H14FNO2S. The van der Waals surface area contributed by atoms with Crippen LogP contribution in [0.1, 0.15) is 11.3 Å². The van der Waals surface area contributed by atoms with Crippen molar-refractivity contribution in [1.82, 2.24) is 4.98 Å². The molecule has 0 saturated carbocycles. The third-order valence-corrected chi connectivity index (χ3v) is 4.13. The Morgan fingerprint density at radius 1 is 1.13 bits per heavy atom. The van der Waals surface area contributed by atoms with Crippen molar-refractivity contribution in [2.75, 3.05) is 0 Å². The maximum atomic E-state index is 13.2. The summed E-state index contributed by atoms with van der Waals surface area (Å²) in [4.78, 5) is 16.2. The summed E-state index contributed by atoms with van der Waals surface area (Å²) in [6.45, 7) is 0.251. The lowest BCUT2D eigenvalue weighted by Crippen LogP contribution is -2.08. The van der Waals surface area contributed by atoms with E-state index < -0.39 is 0 Å². The Bertz CT molecular complexity index is 802. The highest BCUT2D eigenvalue weighted by atomic mass is 32.1. The Labute approximate surface area is 137 Å². The van der Waals surface area contributed by atoms with Gasteiger partial charge in [-0.15, -0.1) is 11.3 Å². The van der Waals surface area contributed by atoms with Crippen LogP contribution in [0.4, 0.5) is 4.39 Å². The molecule has 0 bridgehead atoms. The molecule has 0 aliphatic rings. The smallest absolute Gasteiger partial charge is 0.312 e. The number of thiazole rings is 1. The number of esters is 1. The van der Waals surface area contributed by atoms with Crippen molar-refractivity contribution in [3.8, 4) is 10.6 Å². The first-order valence-electron chi connectivity index (χ1n) is 7.10.